The molecule has 3 aromatic carbocycles. The first-order valence-electron chi connectivity index (χ1n) is 10.9. The number of rotatable bonds is 6. The van der Waals surface area contributed by atoms with E-state index in [2.05, 4.69) is 15.2 Å². The Morgan fingerprint density at radius 1 is 0.947 bits per heavy atom. The fourth-order valence-electron chi connectivity index (χ4n) is 3.79. The summed E-state index contributed by atoms with van der Waals surface area (Å²) in [6, 6.07) is 17.0. The number of hydrogen-bond donors (Lipinski definition) is 1. The Labute approximate surface area is 235 Å². The van der Waals surface area contributed by atoms with Gasteiger partial charge in [-0.15, -0.1) is 0 Å². The first-order chi connectivity index (χ1) is 17.7. The minimum absolute atomic E-state index is 0. The molecule has 0 bridgehead atoms. The number of benzene rings is 3. The van der Waals surface area contributed by atoms with Crippen molar-refractivity contribution < 1.29 is 32.0 Å². The zero-order valence-corrected chi connectivity index (χ0v) is 18.8. The van der Waals surface area contributed by atoms with E-state index < -0.39 is 23.5 Å². The third-order valence-electron chi connectivity index (χ3n) is 5.58. The van der Waals surface area contributed by atoms with Gasteiger partial charge in [0.25, 0.3) is 5.89 Å². The van der Waals surface area contributed by atoms with Crippen molar-refractivity contribution in [1.29, 1.82) is 0 Å². The van der Waals surface area contributed by atoms with Crippen LogP contribution in [0.5, 0.6) is 0 Å². The number of aromatic carboxylic acids is 1. The number of aromatic nitrogens is 4. The molecule has 1 N–H and O–H groups in total. The van der Waals surface area contributed by atoms with Crippen molar-refractivity contribution in [3.63, 3.8) is 0 Å². The second-order valence-corrected chi connectivity index (χ2v) is 8.06. The average molecular weight is 532 g/mol. The van der Waals surface area contributed by atoms with Crippen LogP contribution in [0.4, 0.5) is 17.6 Å². The van der Waals surface area contributed by atoms with Crippen molar-refractivity contribution in [2.45, 2.75) is 12.7 Å². The van der Waals surface area contributed by atoms with Gasteiger partial charge in [0.1, 0.15) is 5.82 Å². The summed E-state index contributed by atoms with van der Waals surface area (Å²) in [5.74, 6) is -1.84. The van der Waals surface area contributed by atoms with E-state index in [0.29, 0.717) is 12.1 Å². The van der Waals surface area contributed by atoms with E-state index in [1.165, 1.54) is 41.1 Å². The Bertz CT molecular complexity index is 1600. The fourth-order valence-corrected chi connectivity index (χ4v) is 3.79. The molecule has 5 aromatic rings. The molecule has 2 aromatic heterocycles. The van der Waals surface area contributed by atoms with Crippen LogP contribution in [0.25, 0.3) is 34.0 Å². The minimum atomic E-state index is -4.74. The molecule has 0 unspecified atom stereocenters. The fraction of sp³-hybridized carbons (Fsp3) is 0.0769. The van der Waals surface area contributed by atoms with Crippen LogP contribution in [0.15, 0.2) is 83.5 Å². The van der Waals surface area contributed by atoms with Crippen molar-refractivity contribution in [1.82, 2.24) is 19.9 Å². The Morgan fingerprint density at radius 2 is 1.66 bits per heavy atom. The van der Waals surface area contributed by atoms with Crippen molar-refractivity contribution >= 4 is 35.5 Å². The maximum absolute atomic E-state index is 14.2. The summed E-state index contributed by atoms with van der Waals surface area (Å²) in [5, 5.41) is 16.8. The van der Waals surface area contributed by atoms with E-state index in [1.54, 1.807) is 30.5 Å². The van der Waals surface area contributed by atoms with Gasteiger partial charge in [0.15, 0.2) is 5.69 Å². The molecule has 0 aliphatic rings. The molecule has 12 heteroatoms. The van der Waals surface area contributed by atoms with Crippen molar-refractivity contribution in [2.24, 2.45) is 0 Å². The van der Waals surface area contributed by atoms with Gasteiger partial charge in [-0.25, -0.2) is 9.18 Å². The van der Waals surface area contributed by atoms with Gasteiger partial charge in [0, 0.05) is 22.9 Å². The van der Waals surface area contributed by atoms with Gasteiger partial charge in [-0.05, 0) is 35.4 Å². The monoisotopic (exact) mass is 532 g/mol. The first kappa shape index (κ1) is 27.2. The summed E-state index contributed by atoms with van der Waals surface area (Å²) < 4.78 is 62.4. The summed E-state index contributed by atoms with van der Waals surface area (Å²) in [5.41, 5.74) is -0.124. The van der Waals surface area contributed by atoms with Gasteiger partial charge in [0.2, 0.25) is 5.82 Å². The molecule has 0 aliphatic carbocycles. The molecule has 0 saturated heterocycles. The van der Waals surface area contributed by atoms with Crippen LogP contribution >= 0.6 is 0 Å². The van der Waals surface area contributed by atoms with E-state index in [9.17, 15) is 22.4 Å². The standard InChI is InChI=1S/C26H16F4N4O3.Na.H/c27-21-4-2-1-3-19(21)18-10-9-17(13-20(18)26(28,29)30)24-31-23(33-37-24)16-7-5-15(6-8-16)14-34-12-11-22(32-34)25(35)36;;/h1-13H,14H2,(H,35,36);;. The van der Waals surface area contributed by atoms with Gasteiger partial charge < -0.3 is 9.63 Å². The van der Waals surface area contributed by atoms with Gasteiger partial charge in [-0.2, -0.15) is 23.3 Å². The second-order valence-electron chi connectivity index (χ2n) is 8.06. The Hall–Kier alpha value is -3.80. The van der Waals surface area contributed by atoms with Crippen LogP contribution in [0, 0.1) is 5.82 Å². The Balaban J connectivity index is 0.00000336. The predicted octanol–water partition coefficient (Wildman–Crippen LogP) is 5.52. The molecule has 0 fully saturated rings. The normalized spacial score (nSPS) is 11.3. The zero-order valence-electron chi connectivity index (χ0n) is 18.8. The number of halogens is 4. The molecule has 0 radical (unpaired) electrons. The molecule has 0 aliphatic heterocycles. The SMILES string of the molecule is O=C(O)c1ccn(Cc2ccc(-c3noc(-c4ccc(-c5ccccc5F)c(C(F)(F)F)c4)n3)cc2)n1.[NaH]. The van der Waals surface area contributed by atoms with Gasteiger partial charge >= 0.3 is 41.7 Å². The van der Waals surface area contributed by atoms with E-state index in [-0.39, 0.29) is 63.7 Å². The quantitative estimate of drug-likeness (QED) is 0.229. The molecular weight excluding hydrogens is 515 g/mol. The number of alkyl halides is 3. The van der Waals surface area contributed by atoms with Crippen molar-refractivity contribution in [2.75, 3.05) is 0 Å². The van der Waals surface area contributed by atoms with Crippen LogP contribution in [-0.4, -0.2) is 60.6 Å². The number of hydrogen-bond acceptors (Lipinski definition) is 5. The number of carboxylic acids is 1. The molecule has 5 rings (SSSR count). The molecule has 0 amide bonds. The van der Waals surface area contributed by atoms with E-state index in [1.807, 2.05) is 0 Å². The average Bonchev–Trinajstić information content (AvgIpc) is 3.55. The van der Waals surface area contributed by atoms with Crippen LogP contribution in [0.1, 0.15) is 21.6 Å². The van der Waals surface area contributed by atoms with Crippen LogP contribution < -0.4 is 0 Å². The van der Waals surface area contributed by atoms with Crippen molar-refractivity contribution in [3.8, 4) is 34.0 Å². The number of nitrogens with zero attached hydrogens (tertiary/aromatic N) is 4. The summed E-state index contributed by atoms with van der Waals surface area (Å²) in [4.78, 5) is 15.2. The first-order valence-corrected chi connectivity index (χ1v) is 10.9. The molecule has 188 valence electrons. The number of carbonyl (C=O) groups is 1. The maximum atomic E-state index is 14.2. The molecule has 0 atom stereocenters. The topological polar surface area (TPSA) is 94.0 Å². The van der Waals surface area contributed by atoms with Crippen molar-refractivity contribution in [3.05, 3.63) is 102 Å². The van der Waals surface area contributed by atoms with E-state index in [0.717, 1.165) is 17.7 Å². The predicted molar refractivity (Wildman–Crippen MR) is 131 cm³/mol. The molecule has 38 heavy (non-hydrogen) atoms. The van der Waals surface area contributed by atoms with Crippen LogP contribution in [0.3, 0.4) is 0 Å². The second kappa shape index (κ2) is 10.9. The van der Waals surface area contributed by atoms with E-state index >= 15 is 0 Å². The third-order valence-corrected chi connectivity index (χ3v) is 5.58. The van der Waals surface area contributed by atoms with Gasteiger partial charge in [0.05, 0.1) is 12.1 Å². The molecule has 0 saturated carbocycles. The molecule has 2 heterocycles. The van der Waals surface area contributed by atoms with Crippen LogP contribution in [-0.2, 0) is 12.7 Å². The van der Waals surface area contributed by atoms with Crippen LogP contribution in [0.2, 0.25) is 0 Å². The third kappa shape index (κ3) is 5.69. The summed E-state index contributed by atoms with van der Waals surface area (Å²) >= 11 is 0. The van der Waals surface area contributed by atoms with E-state index in [4.69, 9.17) is 9.63 Å². The summed E-state index contributed by atoms with van der Waals surface area (Å²) in [7, 11) is 0. The molecular formula is C26H17F4N4NaO3. The summed E-state index contributed by atoms with van der Waals surface area (Å²) in [6.07, 6.45) is -3.19. The Kier molecular flexibility index (Phi) is 7.81. The molecule has 7 nitrogen and oxygen atoms in total. The van der Waals surface area contributed by atoms with Gasteiger partial charge in [-0.3, -0.25) is 4.68 Å². The molecule has 0 spiro atoms. The zero-order chi connectivity index (χ0) is 26.2. The van der Waals surface area contributed by atoms with Gasteiger partial charge in [-0.1, -0.05) is 53.7 Å². The Morgan fingerprint density at radius 3 is 2.32 bits per heavy atom. The number of carboxylic acid groups (broad SMARTS) is 1. The summed E-state index contributed by atoms with van der Waals surface area (Å²) in [6.45, 7) is 0.333.